The summed E-state index contributed by atoms with van der Waals surface area (Å²) < 4.78 is 38.8. The summed E-state index contributed by atoms with van der Waals surface area (Å²) in [6.45, 7) is -0.338. The van der Waals surface area contributed by atoms with Crippen LogP contribution in [0.3, 0.4) is 0 Å². The Bertz CT molecular complexity index is 1290. The molecule has 0 radical (unpaired) electrons. The predicted octanol–water partition coefficient (Wildman–Crippen LogP) is 1.81. The van der Waals surface area contributed by atoms with Gasteiger partial charge in [-0.2, -0.15) is 0 Å². The number of hydrogen-bond acceptors (Lipinski definition) is 6. The number of carbonyl (C=O) groups excluding carboxylic acids is 3. The summed E-state index contributed by atoms with van der Waals surface area (Å²) in [5.41, 5.74) is -1.49. The second kappa shape index (κ2) is 6.49. The smallest absolute Gasteiger partial charge is 0.322 e. The van der Waals surface area contributed by atoms with Crippen LogP contribution in [-0.4, -0.2) is 41.4 Å². The minimum atomic E-state index is -1.80. The average molecular weight is 428 g/mol. The van der Waals surface area contributed by atoms with Gasteiger partial charge in [0, 0.05) is 11.9 Å². The van der Waals surface area contributed by atoms with E-state index in [4.69, 9.17) is 9.15 Å². The summed E-state index contributed by atoms with van der Waals surface area (Å²) in [6, 6.07) is 4.71. The van der Waals surface area contributed by atoms with E-state index in [0.29, 0.717) is 5.56 Å². The molecule has 0 saturated carbocycles. The number of pyridine rings is 1. The number of hydrogen-bond donors (Lipinski definition) is 2. The van der Waals surface area contributed by atoms with Crippen molar-refractivity contribution in [1.82, 2.24) is 20.5 Å². The van der Waals surface area contributed by atoms with E-state index in [9.17, 15) is 23.2 Å². The summed E-state index contributed by atoms with van der Waals surface area (Å²) in [7, 11) is 1.29. The first-order valence-corrected chi connectivity index (χ1v) is 9.16. The number of furan rings is 1. The maximum absolute atomic E-state index is 14.7. The average Bonchev–Trinajstić information content (AvgIpc) is 3.37. The third-order valence-corrected chi connectivity index (χ3v) is 5.40. The Labute approximate surface area is 173 Å². The molecule has 4 heterocycles. The molecule has 1 unspecified atom stereocenters. The molecule has 2 aromatic heterocycles. The van der Waals surface area contributed by atoms with Crippen molar-refractivity contribution in [2.75, 3.05) is 13.7 Å². The number of urea groups is 1. The number of imide groups is 1. The highest BCUT2D eigenvalue weighted by molar-refractivity contribution is 6.08. The minimum Gasteiger partial charge on any atom is -0.494 e. The predicted molar refractivity (Wildman–Crippen MR) is 100 cm³/mol. The molecule has 11 heteroatoms. The van der Waals surface area contributed by atoms with Crippen LogP contribution in [0.15, 0.2) is 34.9 Å². The number of ether oxygens (including phenoxy) is 1. The van der Waals surface area contributed by atoms with Gasteiger partial charge in [-0.05, 0) is 23.8 Å². The third-order valence-electron chi connectivity index (χ3n) is 5.40. The maximum Gasteiger partial charge on any atom is 0.322 e. The Morgan fingerprint density at radius 1 is 1.26 bits per heavy atom. The van der Waals surface area contributed by atoms with Crippen molar-refractivity contribution in [3.05, 3.63) is 59.0 Å². The van der Waals surface area contributed by atoms with Gasteiger partial charge in [-0.3, -0.25) is 14.9 Å². The zero-order valence-corrected chi connectivity index (χ0v) is 16.0. The summed E-state index contributed by atoms with van der Waals surface area (Å²) in [5.74, 6) is -2.96. The zero-order chi connectivity index (χ0) is 21.9. The van der Waals surface area contributed by atoms with E-state index < -0.39 is 35.0 Å². The van der Waals surface area contributed by atoms with E-state index in [1.807, 2.05) is 0 Å². The monoisotopic (exact) mass is 428 g/mol. The summed E-state index contributed by atoms with van der Waals surface area (Å²) in [5, 5.41) is 4.89. The molecular formula is C20H14F2N4O5. The topological polar surface area (TPSA) is 114 Å². The number of aromatic nitrogens is 1. The first kappa shape index (κ1) is 19.0. The molecule has 1 saturated heterocycles. The lowest BCUT2D eigenvalue weighted by atomic mass is 9.95. The van der Waals surface area contributed by atoms with Crippen molar-refractivity contribution in [1.29, 1.82) is 0 Å². The quantitative estimate of drug-likeness (QED) is 0.613. The van der Waals surface area contributed by atoms with Crippen LogP contribution < -0.4 is 15.4 Å². The van der Waals surface area contributed by atoms with Gasteiger partial charge in [0.2, 0.25) is 5.71 Å². The highest BCUT2D eigenvalue weighted by atomic mass is 19.1. The molecule has 158 valence electrons. The van der Waals surface area contributed by atoms with Gasteiger partial charge in [-0.15, -0.1) is 0 Å². The number of methoxy groups -OCH3 is 1. The molecule has 0 bridgehead atoms. The van der Waals surface area contributed by atoms with Crippen molar-refractivity contribution in [2.45, 2.75) is 12.1 Å². The second-order valence-electron chi connectivity index (χ2n) is 7.25. The standard InChI is InChI=1S/C20H14F2N4O5/c1-30-12-3-2-9-7-26(17(27)14(9)15(12)22)8-20(18(28)24-19(29)25-20)13-5-10-4-11(21)6-23-16(10)31-13/h2-6H,7-8H2,1H3,(H2,24,25,28,29). The Morgan fingerprint density at radius 2 is 2.06 bits per heavy atom. The molecule has 5 rings (SSSR count). The number of halogens is 2. The van der Waals surface area contributed by atoms with Crippen LogP contribution in [0.2, 0.25) is 0 Å². The van der Waals surface area contributed by atoms with Crippen LogP contribution >= 0.6 is 0 Å². The molecule has 4 amide bonds. The fraction of sp³-hybridized carbons (Fsp3) is 0.200. The van der Waals surface area contributed by atoms with Crippen molar-refractivity contribution in [3.63, 3.8) is 0 Å². The molecule has 1 fully saturated rings. The molecule has 2 N–H and O–H groups in total. The molecule has 2 aliphatic heterocycles. The van der Waals surface area contributed by atoms with Gasteiger partial charge in [-0.25, -0.2) is 18.6 Å². The largest absolute Gasteiger partial charge is 0.494 e. The van der Waals surface area contributed by atoms with Crippen LogP contribution in [0.5, 0.6) is 5.75 Å². The van der Waals surface area contributed by atoms with E-state index in [1.165, 1.54) is 24.1 Å². The van der Waals surface area contributed by atoms with Gasteiger partial charge in [0.1, 0.15) is 11.6 Å². The lowest BCUT2D eigenvalue weighted by Crippen LogP contribution is -2.52. The molecule has 0 spiro atoms. The number of nitrogens with zero attached hydrogens (tertiary/aromatic N) is 2. The first-order valence-electron chi connectivity index (χ1n) is 9.16. The Hall–Kier alpha value is -4.02. The molecule has 2 aliphatic rings. The van der Waals surface area contributed by atoms with E-state index in [-0.39, 0.29) is 41.3 Å². The number of nitrogens with one attached hydrogen (secondary N) is 2. The highest BCUT2D eigenvalue weighted by Gasteiger charge is 2.53. The van der Waals surface area contributed by atoms with Crippen LogP contribution in [0.25, 0.3) is 11.1 Å². The van der Waals surface area contributed by atoms with Gasteiger partial charge in [0.15, 0.2) is 17.1 Å². The van der Waals surface area contributed by atoms with Gasteiger partial charge in [-0.1, -0.05) is 6.07 Å². The van der Waals surface area contributed by atoms with E-state index in [0.717, 1.165) is 12.3 Å². The lowest BCUT2D eigenvalue weighted by molar-refractivity contribution is -0.125. The molecule has 31 heavy (non-hydrogen) atoms. The zero-order valence-electron chi connectivity index (χ0n) is 16.0. The number of rotatable bonds is 4. The van der Waals surface area contributed by atoms with Crippen molar-refractivity contribution >= 4 is 28.9 Å². The number of benzene rings is 1. The second-order valence-corrected chi connectivity index (χ2v) is 7.25. The molecule has 3 aromatic rings. The minimum absolute atomic E-state index is 0.00703. The van der Waals surface area contributed by atoms with Crippen molar-refractivity contribution in [3.8, 4) is 5.75 Å². The summed E-state index contributed by atoms with van der Waals surface area (Å²) in [4.78, 5) is 42.8. The van der Waals surface area contributed by atoms with Crippen LogP contribution in [0, 0.1) is 11.6 Å². The Kier molecular flexibility index (Phi) is 3.97. The molecular weight excluding hydrogens is 414 g/mol. The van der Waals surface area contributed by atoms with Crippen LogP contribution in [-0.2, 0) is 16.9 Å². The van der Waals surface area contributed by atoms with E-state index in [2.05, 4.69) is 15.6 Å². The highest BCUT2D eigenvalue weighted by Crippen LogP contribution is 2.36. The van der Waals surface area contributed by atoms with Crippen LogP contribution in [0.1, 0.15) is 21.7 Å². The van der Waals surface area contributed by atoms with E-state index in [1.54, 1.807) is 6.07 Å². The number of amides is 4. The SMILES string of the molecule is COc1ccc2c(c1F)C(=O)N(CC1(c3cc4cc(F)cnc4o3)NC(=O)NC1=O)C2. The number of carbonyl (C=O) groups is 3. The fourth-order valence-corrected chi connectivity index (χ4v) is 3.94. The van der Waals surface area contributed by atoms with Gasteiger partial charge < -0.3 is 19.4 Å². The fourth-order valence-electron chi connectivity index (χ4n) is 3.94. The third kappa shape index (κ3) is 2.73. The Balaban J connectivity index is 1.56. The van der Waals surface area contributed by atoms with Gasteiger partial charge in [0.05, 0.1) is 25.4 Å². The van der Waals surface area contributed by atoms with Crippen LogP contribution in [0.4, 0.5) is 13.6 Å². The summed E-state index contributed by atoms with van der Waals surface area (Å²) >= 11 is 0. The molecule has 0 aliphatic carbocycles. The Morgan fingerprint density at radius 3 is 2.77 bits per heavy atom. The molecule has 1 atom stereocenters. The van der Waals surface area contributed by atoms with Crippen molar-refractivity contribution in [2.24, 2.45) is 0 Å². The first-order chi connectivity index (χ1) is 14.8. The number of fused-ring (bicyclic) bond motifs is 2. The summed E-state index contributed by atoms with van der Waals surface area (Å²) in [6.07, 6.45) is 0.951. The molecule has 1 aromatic carbocycles. The molecule has 9 nitrogen and oxygen atoms in total. The van der Waals surface area contributed by atoms with Gasteiger partial charge >= 0.3 is 6.03 Å². The maximum atomic E-state index is 14.7. The van der Waals surface area contributed by atoms with Gasteiger partial charge in [0.25, 0.3) is 11.8 Å². The lowest BCUT2D eigenvalue weighted by Gasteiger charge is -2.28. The van der Waals surface area contributed by atoms with Crippen molar-refractivity contribution < 1.29 is 32.3 Å². The van der Waals surface area contributed by atoms with E-state index >= 15 is 0 Å². The normalized spacial score (nSPS) is 20.2.